The van der Waals surface area contributed by atoms with Crippen molar-refractivity contribution < 1.29 is 9.84 Å². The van der Waals surface area contributed by atoms with Gasteiger partial charge in [-0.2, -0.15) is 0 Å². The van der Waals surface area contributed by atoms with Crippen LogP contribution in [-0.4, -0.2) is 32.9 Å². The van der Waals surface area contributed by atoms with E-state index in [-0.39, 0.29) is 12.1 Å². The number of nitrogens with one attached hydrogen (secondary N) is 1. The molecule has 3 atom stereocenters. The number of para-hydroxylation sites is 1. The van der Waals surface area contributed by atoms with Gasteiger partial charge in [-0.1, -0.05) is 22.7 Å². The van der Waals surface area contributed by atoms with E-state index in [2.05, 4.69) is 14.9 Å². The van der Waals surface area contributed by atoms with Gasteiger partial charge in [-0.15, -0.1) is 5.10 Å². The lowest BCUT2D eigenvalue weighted by Gasteiger charge is -2.35. The van der Waals surface area contributed by atoms with E-state index >= 15 is 0 Å². The summed E-state index contributed by atoms with van der Waals surface area (Å²) in [7, 11) is 0. The Balaban J connectivity index is 1.58. The predicted octanol–water partition coefficient (Wildman–Crippen LogP) is 2.30. The molecule has 0 bridgehead atoms. The van der Waals surface area contributed by atoms with Gasteiger partial charge in [-0.05, 0) is 49.9 Å². The van der Waals surface area contributed by atoms with Gasteiger partial charge in [0.1, 0.15) is 18.0 Å². The van der Waals surface area contributed by atoms with Crippen LogP contribution in [0.2, 0.25) is 0 Å². The fourth-order valence-electron chi connectivity index (χ4n) is 2.80. The minimum Gasteiger partial charge on any atom is -0.488 e. The Morgan fingerprint density at radius 3 is 2.86 bits per heavy atom. The maximum absolute atomic E-state index is 10.6. The molecule has 22 heavy (non-hydrogen) atoms. The molecule has 1 aromatic carbocycles. The lowest BCUT2D eigenvalue weighted by molar-refractivity contribution is -0.0157. The number of nitrogens with zero attached hydrogens (tertiary/aromatic N) is 2. The first kappa shape index (κ1) is 15.4. The molecule has 0 saturated heterocycles. The molecule has 1 fully saturated rings. The molecule has 1 aromatic heterocycles. The zero-order chi connectivity index (χ0) is 15.4. The lowest BCUT2D eigenvalue weighted by atomic mass is 9.90. The van der Waals surface area contributed by atoms with Crippen LogP contribution in [-0.2, 0) is 6.54 Å². The van der Waals surface area contributed by atoms with Gasteiger partial charge >= 0.3 is 0 Å². The van der Waals surface area contributed by atoms with Gasteiger partial charge in [-0.3, -0.25) is 0 Å². The van der Waals surface area contributed by atoms with Crippen LogP contribution in [0, 0.1) is 6.92 Å². The normalized spacial score (nSPS) is 25.1. The molecule has 6 heteroatoms. The van der Waals surface area contributed by atoms with Crippen molar-refractivity contribution in [1.82, 2.24) is 14.9 Å². The van der Waals surface area contributed by atoms with Crippen molar-refractivity contribution in [3.63, 3.8) is 0 Å². The Morgan fingerprint density at radius 2 is 2.14 bits per heavy atom. The Morgan fingerprint density at radius 1 is 1.32 bits per heavy atom. The summed E-state index contributed by atoms with van der Waals surface area (Å²) in [6.07, 6.45) is 2.23. The highest BCUT2D eigenvalue weighted by Gasteiger charge is 2.33. The van der Waals surface area contributed by atoms with E-state index in [1.54, 1.807) is 0 Å². The van der Waals surface area contributed by atoms with Gasteiger partial charge < -0.3 is 15.2 Å². The molecule has 0 amide bonds. The third-order valence-corrected chi connectivity index (χ3v) is 4.92. The summed E-state index contributed by atoms with van der Waals surface area (Å²) in [6, 6.07) is 9.75. The number of benzene rings is 1. The van der Waals surface area contributed by atoms with Crippen molar-refractivity contribution in [3.05, 3.63) is 40.9 Å². The van der Waals surface area contributed by atoms with Crippen molar-refractivity contribution in [2.24, 2.45) is 0 Å². The molecule has 1 saturated carbocycles. The Labute approximate surface area is 134 Å². The van der Waals surface area contributed by atoms with E-state index < -0.39 is 6.10 Å². The highest BCUT2D eigenvalue weighted by Crippen LogP contribution is 2.25. The van der Waals surface area contributed by atoms with Crippen LogP contribution in [0.25, 0.3) is 0 Å². The van der Waals surface area contributed by atoms with E-state index in [1.165, 1.54) is 11.5 Å². The summed E-state index contributed by atoms with van der Waals surface area (Å²) in [4.78, 5) is 1.12. The molecule has 1 heterocycles. The van der Waals surface area contributed by atoms with E-state index in [0.29, 0.717) is 6.54 Å². The van der Waals surface area contributed by atoms with E-state index in [4.69, 9.17) is 4.74 Å². The van der Waals surface area contributed by atoms with Gasteiger partial charge in [0.15, 0.2) is 0 Å². The molecule has 5 nitrogen and oxygen atoms in total. The molecule has 0 unspecified atom stereocenters. The molecule has 1 aliphatic rings. The van der Waals surface area contributed by atoms with Crippen LogP contribution in [0.15, 0.2) is 30.3 Å². The summed E-state index contributed by atoms with van der Waals surface area (Å²) in [5, 5.41) is 18.0. The zero-order valence-electron chi connectivity index (χ0n) is 12.6. The highest BCUT2D eigenvalue weighted by atomic mass is 32.1. The van der Waals surface area contributed by atoms with E-state index in [1.807, 2.05) is 37.3 Å². The van der Waals surface area contributed by atoms with Gasteiger partial charge in [0.2, 0.25) is 0 Å². The highest BCUT2D eigenvalue weighted by molar-refractivity contribution is 7.05. The summed E-state index contributed by atoms with van der Waals surface area (Å²) in [5.41, 5.74) is 0.958. The molecular formula is C16H21N3O2S. The first-order valence-electron chi connectivity index (χ1n) is 7.65. The minimum absolute atomic E-state index is 0.0453. The van der Waals surface area contributed by atoms with Crippen LogP contribution in [0.4, 0.5) is 0 Å². The van der Waals surface area contributed by atoms with Crippen molar-refractivity contribution in [1.29, 1.82) is 0 Å². The molecule has 2 N–H and O–H groups in total. The summed E-state index contributed by atoms with van der Waals surface area (Å²) in [5.74, 6) is 0.815. The van der Waals surface area contributed by atoms with Gasteiger partial charge in [0, 0.05) is 12.6 Å². The van der Waals surface area contributed by atoms with Crippen LogP contribution in [0.1, 0.15) is 29.8 Å². The predicted molar refractivity (Wildman–Crippen MR) is 86.0 cm³/mol. The molecule has 0 spiro atoms. The SMILES string of the molecule is Cc1nnsc1CN[C@H]1CCC[C@@H](Oc2ccccc2)[C@@H]1O. The van der Waals surface area contributed by atoms with Gasteiger partial charge in [-0.25, -0.2) is 0 Å². The average molecular weight is 319 g/mol. The summed E-state index contributed by atoms with van der Waals surface area (Å²) in [6.45, 7) is 2.66. The Hall–Kier alpha value is -1.50. The molecule has 2 aromatic rings. The number of aromatic nitrogens is 2. The Bertz CT molecular complexity index is 590. The van der Waals surface area contributed by atoms with Crippen LogP contribution in [0.5, 0.6) is 5.75 Å². The topological polar surface area (TPSA) is 67.3 Å². The van der Waals surface area contributed by atoms with Crippen LogP contribution in [0.3, 0.4) is 0 Å². The molecule has 0 aliphatic heterocycles. The van der Waals surface area contributed by atoms with Crippen molar-refractivity contribution in [2.75, 3.05) is 0 Å². The lowest BCUT2D eigenvalue weighted by Crippen LogP contribution is -2.50. The number of aliphatic hydroxyl groups is 1. The number of ether oxygens (including phenoxy) is 1. The molecule has 1 aliphatic carbocycles. The van der Waals surface area contributed by atoms with Crippen LogP contribution < -0.4 is 10.1 Å². The second-order valence-corrected chi connectivity index (χ2v) is 6.50. The number of hydrogen-bond donors (Lipinski definition) is 2. The van der Waals surface area contributed by atoms with Crippen molar-refractivity contribution in [2.45, 2.75) is 51.0 Å². The van der Waals surface area contributed by atoms with E-state index in [9.17, 15) is 5.11 Å². The molecule has 0 radical (unpaired) electrons. The quantitative estimate of drug-likeness (QED) is 0.885. The first-order chi connectivity index (χ1) is 10.7. The van der Waals surface area contributed by atoms with Crippen molar-refractivity contribution in [3.8, 4) is 5.75 Å². The molecule has 3 rings (SSSR count). The second-order valence-electron chi connectivity index (χ2n) is 5.66. The van der Waals surface area contributed by atoms with Gasteiger partial charge in [0.25, 0.3) is 0 Å². The van der Waals surface area contributed by atoms with Crippen LogP contribution >= 0.6 is 11.5 Å². The molecular weight excluding hydrogens is 298 g/mol. The zero-order valence-corrected chi connectivity index (χ0v) is 13.4. The fraction of sp³-hybridized carbons (Fsp3) is 0.500. The maximum Gasteiger partial charge on any atom is 0.126 e. The molecule has 118 valence electrons. The average Bonchev–Trinajstić information content (AvgIpc) is 2.94. The number of aryl methyl sites for hydroxylation is 1. The van der Waals surface area contributed by atoms with Crippen molar-refractivity contribution >= 4 is 11.5 Å². The summed E-state index contributed by atoms with van der Waals surface area (Å²) < 4.78 is 9.89. The third-order valence-electron chi connectivity index (χ3n) is 4.10. The maximum atomic E-state index is 10.6. The standard InChI is InChI=1S/C16H21N3O2S/c1-11-15(22-19-18-11)10-17-13-8-5-9-14(16(13)20)21-12-6-3-2-4-7-12/h2-4,6-7,13-14,16-17,20H,5,8-10H2,1H3/t13-,14+,16+/m0/s1. The van der Waals surface area contributed by atoms with Gasteiger partial charge in [0.05, 0.1) is 10.6 Å². The first-order valence-corrected chi connectivity index (χ1v) is 8.42. The third kappa shape index (κ3) is 3.63. The minimum atomic E-state index is -0.504. The number of rotatable bonds is 5. The number of aliphatic hydroxyl groups excluding tert-OH is 1. The summed E-state index contributed by atoms with van der Waals surface area (Å²) >= 11 is 1.41. The Kier molecular flexibility index (Phi) is 5.02. The van der Waals surface area contributed by atoms with E-state index in [0.717, 1.165) is 35.6 Å². The second kappa shape index (κ2) is 7.17. The smallest absolute Gasteiger partial charge is 0.126 e. The number of hydrogen-bond acceptors (Lipinski definition) is 6. The fourth-order valence-corrected chi connectivity index (χ4v) is 3.38. The monoisotopic (exact) mass is 319 g/mol. The largest absolute Gasteiger partial charge is 0.488 e.